The van der Waals surface area contributed by atoms with Crippen molar-refractivity contribution in [2.75, 3.05) is 40.9 Å². The highest BCUT2D eigenvalue weighted by atomic mass is 79.9. The predicted molar refractivity (Wildman–Crippen MR) is 111 cm³/mol. The summed E-state index contributed by atoms with van der Waals surface area (Å²) >= 11 is 9.59. The molecule has 1 N–H and O–H groups in total. The Bertz CT molecular complexity index is 949. The standard InChI is InChI=1S/C19H19BrClNO7/c1-25-13-8-12(11(21)6-9(13)19(24)29-5)22-18(23)10-7-14(26-2)16(27-3)17(28-4)15(10)20/h6-8H,1-5H3,(H,22,23). The summed E-state index contributed by atoms with van der Waals surface area (Å²) in [5, 5.41) is 2.81. The summed E-state index contributed by atoms with van der Waals surface area (Å²) < 4.78 is 26.2. The van der Waals surface area contributed by atoms with Gasteiger partial charge in [0.1, 0.15) is 11.3 Å². The number of hydrogen-bond acceptors (Lipinski definition) is 7. The summed E-state index contributed by atoms with van der Waals surface area (Å²) in [7, 11) is 6.98. The molecule has 156 valence electrons. The molecule has 0 aliphatic carbocycles. The quantitative estimate of drug-likeness (QED) is 0.585. The van der Waals surface area contributed by atoms with Crippen molar-refractivity contribution >= 4 is 45.1 Å². The second-order valence-corrected chi connectivity index (χ2v) is 6.69. The van der Waals surface area contributed by atoms with Crippen LogP contribution in [0.2, 0.25) is 5.02 Å². The molecule has 0 heterocycles. The van der Waals surface area contributed by atoms with Gasteiger partial charge >= 0.3 is 5.97 Å². The smallest absolute Gasteiger partial charge is 0.341 e. The van der Waals surface area contributed by atoms with E-state index in [-0.39, 0.29) is 27.6 Å². The monoisotopic (exact) mass is 487 g/mol. The van der Waals surface area contributed by atoms with Crippen LogP contribution in [0.3, 0.4) is 0 Å². The summed E-state index contributed by atoms with van der Waals surface area (Å²) in [6.07, 6.45) is 0. The van der Waals surface area contributed by atoms with Gasteiger partial charge in [-0.1, -0.05) is 11.6 Å². The molecule has 10 heteroatoms. The van der Waals surface area contributed by atoms with Crippen molar-refractivity contribution in [3.8, 4) is 23.0 Å². The van der Waals surface area contributed by atoms with Gasteiger partial charge in [-0.2, -0.15) is 0 Å². The van der Waals surface area contributed by atoms with Gasteiger partial charge in [-0.25, -0.2) is 4.79 Å². The first kappa shape index (κ1) is 22.6. The van der Waals surface area contributed by atoms with Crippen molar-refractivity contribution in [2.45, 2.75) is 0 Å². The lowest BCUT2D eigenvalue weighted by molar-refractivity contribution is 0.0597. The minimum absolute atomic E-state index is 0.128. The van der Waals surface area contributed by atoms with Crippen LogP contribution in [0, 0.1) is 0 Å². The second-order valence-electron chi connectivity index (χ2n) is 5.48. The highest BCUT2D eigenvalue weighted by Gasteiger charge is 2.24. The van der Waals surface area contributed by atoms with Gasteiger partial charge in [0.2, 0.25) is 5.75 Å². The summed E-state index contributed by atoms with van der Waals surface area (Å²) in [4.78, 5) is 24.8. The van der Waals surface area contributed by atoms with E-state index in [2.05, 4.69) is 21.2 Å². The molecule has 8 nitrogen and oxygen atoms in total. The van der Waals surface area contributed by atoms with Crippen LogP contribution >= 0.6 is 27.5 Å². The highest BCUT2D eigenvalue weighted by Crippen LogP contribution is 2.45. The molecule has 2 aromatic rings. The Hall–Kier alpha value is -2.65. The highest BCUT2D eigenvalue weighted by molar-refractivity contribution is 9.10. The van der Waals surface area contributed by atoms with E-state index in [1.54, 1.807) is 0 Å². The molecule has 0 fully saturated rings. The van der Waals surface area contributed by atoms with Crippen molar-refractivity contribution in [3.63, 3.8) is 0 Å². The fourth-order valence-electron chi connectivity index (χ4n) is 2.56. The molecule has 0 saturated heterocycles. The van der Waals surface area contributed by atoms with Crippen molar-refractivity contribution in [1.29, 1.82) is 0 Å². The maximum Gasteiger partial charge on any atom is 0.341 e. The Morgan fingerprint density at radius 2 is 1.48 bits per heavy atom. The molecule has 0 atom stereocenters. The molecule has 2 aromatic carbocycles. The first-order chi connectivity index (χ1) is 13.8. The number of benzene rings is 2. The van der Waals surface area contributed by atoms with Crippen LogP contribution in [0.15, 0.2) is 22.7 Å². The zero-order valence-corrected chi connectivity index (χ0v) is 18.7. The van der Waals surface area contributed by atoms with Gasteiger partial charge in [-0.15, -0.1) is 0 Å². The van der Waals surface area contributed by atoms with Gasteiger partial charge in [0.25, 0.3) is 5.91 Å². The van der Waals surface area contributed by atoms with Crippen LogP contribution in [0.5, 0.6) is 23.0 Å². The maximum absolute atomic E-state index is 12.9. The number of anilines is 1. The summed E-state index contributed by atoms with van der Waals surface area (Å²) in [5.74, 6) is 0.00472. The van der Waals surface area contributed by atoms with E-state index in [1.165, 1.54) is 53.7 Å². The van der Waals surface area contributed by atoms with Gasteiger partial charge in [0.05, 0.1) is 56.3 Å². The molecule has 2 rings (SSSR count). The number of nitrogens with one attached hydrogen (secondary N) is 1. The van der Waals surface area contributed by atoms with E-state index in [1.807, 2.05) is 0 Å². The molecule has 0 aliphatic rings. The largest absolute Gasteiger partial charge is 0.496 e. The number of amides is 1. The number of halogens is 2. The Morgan fingerprint density at radius 1 is 0.862 bits per heavy atom. The van der Waals surface area contributed by atoms with Crippen LogP contribution in [0.4, 0.5) is 5.69 Å². The lowest BCUT2D eigenvalue weighted by Crippen LogP contribution is -2.15. The molecule has 1 amide bonds. The molecule has 29 heavy (non-hydrogen) atoms. The van der Waals surface area contributed by atoms with Gasteiger partial charge in [0, 0.05) is 6.07 Å². The van der Waals surface area contributed by atoms with Crippen LogP contribution in [0.25, 0.3) is 0 Å². The molecule has 0 saturated carbocycles. The first-order valence-electron chi connectivity index (χ1n) is 8.08. The second kappa shape index (κ2) is 9.71. The lowest BCUT2D eigenvalue weighted by Gasteiger charge is -2.17. The maximum atomic E-state index is 12.9. The van der Waals surface area contributed by atoms with Crippen LogP contribution in [-0.2, 0) is 4.74 Å². The molecular weight excluding hydrogens is 470 g/mol. The molecule has 0 spiro atoms. The molecule has 0 aromatic heterocycles. The molecule has 0 unspecified atom stereocenters. The first-order valence-corrected chi connectivity index (χ1v) is 9.25. The van der Waals surface area contributed by atoms with Crippen molar-refractivity contribution in [3.05, 3.63) is 38.8 Å². The third-order valence-electron chi connectivity index (χ3n) is 3.96. The number of hydrogen-bond donors (Lipinski definition) is 1. The zero-order chi connectivity index (χ0) is 21.7. The number of esters is 1. The van der Waals surface area contributed by atoms with Gasteiger partial charge < -0.3 is 29.0 Å². The fourth-order valence-corrected chi connectivity index (χ4v) is 3.41. The number of carbonyl (C=O) groups excluding carboxylic acids is 2. The van der Waals surface area contributed by atoms with Crippen LogP contribution in [0.1, 0.15) is 20.7 Å². The average Bonchev–Trinajstić information content (AvgIpc) is 2.73. The van der Waals surface area contributed by atoms with Gasteiger partial charge in [0.15, 0.2) is 11.5 Å². The van der Waals surface area contributed by atoms with Gasteiger partial charge in [-0.05, 0) is 28.1 Å². The molecule has 0 bridgehead atoms. The SMILES string of the molecule is COC(=O)c1cc(Cl)c(NC(=O)c2cc(OC)c(OC)c(OC)c2Br)cc1OC. The number of methoxy groups -OCH3 is 5. The third-order valence-corrected chi connectivity index (χ3v) is 5.06. The van der Waals surface area contributed by atoms with E-state index < -0.39 is 11.9 Å². The van der Waals surface area contributed by atoms with E-state index in [4.69, 9.17) is 35.3 Å². The predicted octanol–water partition coefficient (Wildman–Crippen LogP) is 4.18. The Morgan fingerprint density at radius 3 is 2.00 bits per heavy atom. The van der Waals surface area contributed by atoms with E-state index >= 15 is 0 Å². The zero-order valence-electron chi connectivity index (χ0n) is 16.3. The Labute approximate surface area is 181 Å². The molecule has 0 aliphatic heterocycles. The minimum Gasteiger partial charge on any atom is -0.496 e. The van der Waals surface area contributed by atoms with Crippen LogP contribution in [-0.4, -0.2) is 47.4 Å². The van der Waals surface area contributed by atoms with E-state index in [0.717, 1.165) is 0 Å². The van der Waals surface area contributed by atoms with E-state index in [9.17, 15) is 9.59 Å². The van der Waals surface area contributed by atoms with Crippen molar-refractivity contribution < 1.29 is 33.3 Å². The lowest BCUT2D eigenvalue weighted by atomic mass is 10.1. The van der Waals surface area contributed by atoms with Crippen molar-refractivity contribution in [1.82, 2.24) is 0 Å². The Balaban J connectivity index is 2.49. The normalized spacial score (nSPS) is 10.2. The average molecular weight is 489 g/mol. The number of carbonyl (C=O) groups is 2. The minimum atomic E-state index is -0.617. The summed E-state index contributed by atoms with van der Waals surface area (Å²) in [6, 6.07) is 4.28. The van der Waals surface area contributed by atoms with Crippen LogP contribution < -0.4 is 24.3 Å². The molecular formula is C19H19BrClNO7. The van der Waals surface area contributed by atoms with Gasteiger partial charge in [-0.3, -0.25) is 4.79 Å². The number of ether oxygens (including phenoxy) is 5. The molecule has 0 radical (unpaired) electrons. The van der Waals surface area contributed by atoms with Crippen molar-refractivity contribution in [2.24, 2.45) is 0 Å². The fraction of sp³-hybridized carbons (Fsp3) is 0.263. The number of rotatable bonds is 7. The topological polar surface area (TPSA) is 92.3 Å². The van der Waals surface area contributed by atoms with E-state index in [0.29, 0.717) is 21.7 Å². The summed E-state index contributed by atoms with van der Waals surface area (Å²) in [5.41, 5.74) is 0.584. The third kappa shape index (κ3) is 4.51. The summed E-state index contributed by atoms with van der Waals surface area (Å²) in [6.45, 7) is 0. The Kier molecular flexibility index (Phi) is 7.58.